The van der Waals surface area contributed by atoms with Gasteiger partial charge < -0.3 is 5.11 Å². The highest BCUT2D eigenvalue weighted by molar-refractivity contribution is 9.10. The van der Waals surface area contributed by atoms with Crippen LogP contribution < -0.4 is 0 Å². The van der Waals surface area contributed by atoms with Crippen molar-refractivity contribution in [3.63, 3.8) is 0 Å². The lowest BCUT2D eigenvalue weighted by Gasteiger charge is -2.06. The number of aromatic nitrogens is 2. The number of halogens is 1. The zero-order chi connectivity index (χ0) is 13.4. The number of carboxylic acids is 1. The van der Waals surface area contributed by atoms with E-state index in [4.69, 9.17) is 0 Å². The molecule has 5 heteroatoms. The lowest BCUT2D eigenvalue weighted by molar-refractivity contribution is 0.0697. The molecule has 3 rings (SSSR count). The first-order valence-electron chi connectivity index (χ1n) is 5.63. The first-order chi connectivity index (χ1) is 9.18. The number of carbonyl (C=O) groups is 1. The Kier molecular flexibility index (Phi) is 2.83. The smallest absolute Gasteiger partial charge is 0.336 e. The van der Waals surface area contributed by atoms with E-state index >= 15 is 0 Å². The maximum Gasteiger partial charge on any atom is 0.336 e. The molecule has 19 heavy (non-hydrogen) atoms. The van der Waals surface area contributed by atoms with Crippen LogP contribution in [0.15, 0.2) is 53.3 Å². The van der Waals surface area contributed by atoms with Crippen LogP contribution in [-0.4, -0.2) is 20.5 Å². The summed E-state index contributed by atoms with van der Waals surface area (Å²) in [5, 5.41) is 9.26. The molecular weight excluding hydrogens is 308 g/mol. The molecule has 0 spiro atoms. The number of hydrogen-bond donors (Lipinski definition) is 1. The molecule has 0 aliphatic rings. The molecule has 0 atom stereocenters. The molecule has 0 amide bonds. The minimum Gasteiger partial charge on any atom is -0.478 e. The summed E-state index contributed by atoms with van der Waals surface area (Å²) in [6, 6.07) is 12.6. The summed E-state index contributed by atoms with van der Waals surface area (Å²) < 4.78 is 2.71. The zero-order valence-corrected chi connectivity index (χ0v) is 11.3. The van der Waals surface area contributed by atoms with Crippen LogP contribution in [0.25, 0.3) is 16.9 Å². The Morgan fingerprint density at radius 2 is 1.95 bits per heavy atom. The molecule has 2 heterocycles. The quantitative estimate of drug-likeness (QED) is 0.737. The van der Waals surface area contributed by atoms with Crippen LogP contribution in [0.1, 0.15) is 10.4 Å². The van der Waals surface area contributed by atoms with Crippen molar-refractivity contribution in [2.75, 3.05) is 0 Å². The Morgan fingerprint density at radius 1 is 1.16 bits per heavy atom. The van der Waals surface area contributed by atoms with Crippen LogP contribution >= 0.6 is 15.9 Å². The third kappa shape index (κ3) is 1.92. The van der Waals surface area contributed by atoms with Crippen molar-refractivity contribution >= 4 is 27.4 Å². The number of benzene rings is 1. The lowest BCUT2D eigenvalue weighted by Crippen LogP contribution is -2.01. The largest absolute Gasteiger partial charge is 0.478 e. The standard InChI is InChI=1S/C14H9BrN2O2/c15-12-7-3-4-9-8-16-13(17(9)12)10-5-1-2-6-11(10)14(18)19/h1-8H,(H,18,19). The molecule has 3 aromatic rings. The molecular formula is C14H9BrN2O2. The number of fused-ring (bicyclic) bond motifs is 1. The summed E-state index contributed by atoms with van der Waals surface area (Å²) in [6.45, 7) is 0. The molecule has 0 unspecified atom stereocenters. The van der Waals surface area contributed by atoms with Crippen molar-refractivity contribution in [1.29, 1.82) is 0 Å². The third-order valence-electron chi connectivity index (χ3n) is 2.90. The van der Waals surface area contributed by atoms with E-state index in [0.717, 1.165) is 10.1 Å². The van der Waals surface area contributed by atoms with E-state index in [1.165, 1.54) is 0 Å². The van der Waals surface area contributed by atoms with Crippen LogP contribution in [0, 0.1) is 0 Å². The minimum absolute atomic E-state index is 0.241. The Bertz CT molecular complexity index is 780. The van der Waals surface area contributed by atoms with Gasteiger partial charge in [0.25, 0.3) is 0 Å². The highest BCUT2D eigenvalue weighted by Crippen LogP contribution is 2.26. The van der Waals surface area contributed by atoms with E-state index in [1.807, 2.05) is 22.6 Å². The van der Waals surface area contributed by atoms with Gasteiger partial charge in [-0.2, -0.15) is 0 Å². The number of rotatable bonds is 2. The van der Waals surface area contributed by atoms with Gasteiger partial charge in [0.15, 0.2) is 0 Å². The first kappa shape index (κ1) is 11.9. The van der Waals surface area contributed by atoms with E-state index in [-0.39, 0.29) is 5.56 Å². The predicted molar refractivity (Wildman–Crippen MR) is 75.3 cm³/mol. The maximum atomic E-state index is 11.3. The summed E-state index contributed by atoms with van der Waals surface area (Å²) in [5.41, 5.74) is 1.75. The molecule has 0 saturated carbocycles. The van der Waals surface area contributed by atoms with Crippen molar-refractivity contribution in [2.45, 2.75) is 0 Å². The van der Waals surface area contributed by atoms with Gasteiger partial charge in [-0.1, -0.05) is 24.3 Å². The van der Waals surface area contributed by atoms with Gasteiger partial charge in [-0.15, -0.1) is 0 Å². The van der Waals surface area contributed by atoms with Gasteiger partial charge in [0.1, 0.15) is 5.82 Å². The van der Waals surface area contributed by atoms with E-state index < -0.39 is 5.97 Å². The van der Waals surface area contributed by atoms with Crippen LogP contribution in [0.2, 0.25) is 0 Å². The molecule has 0 saturated heterocycles. The highest BCUT2D eigenvalue weighted by atomic mass is 79.9. The van der Waals surface area contributed by atoms with Crippen molar-refractivity contribution in [2.24, 2.45) is 0 Å². The topological polar surface area (TPSA) is 54.6 Å². The SMILES string of the molecule is O=C(O)c1ccccc1-c1ncc2cccc(Br)n12. The Hall–Kier alpha value is -2.14. The third-order valence-corrected chi connectivity index (χ3v) is 3.52. The molecule has 0 fully saturated rings. The zero-order valence-electron chi connectivity index (χ0n) is 9.75. The summed E-state index contributed by atoms with van der Waals surface area (Å²) in [5.74, 6) is -0.347. The number of pyridine rings is 1. The molecule has 1 N–H and O–H groups in total. The molecule has 0 aliphatic heterocycles. The Balaban J connectivity index is 2.34. The van der Waals surface area contributed by atoms with Crippen LogP contribution in [0.5, 0.6) is 0 Å². The normalized spacial score (nSPS) is 10.8. The monoisotopic (exact) mass is 316 g/mol. The van der Waals surface area contributed by atoms with Crippen LogP contribution in [-0.2, 0) is 0 Å². The molecule has 2 aromatic heterocycles. The summed E-state index contributed by atoms with van der Waals surface area (Å²) in [4.78, 5) is 15.6. The average Bonchev–Trinajstić information content (AvgIpc) is 2.84. The van der Waals surface area contributed by atoms with Gasteiger partial charge in [-0.05, 0) is 34.1 Å². The average molecular weight is 317 g/mol. The van der Waals surface area contributed by atoms with E-state index in [9.17, 15) is 9.90 Å². The number of carboxylic acid groups (broad SMARTS) is 1. The van der Waals surface area contributed by atoms with E-state index in [0.29, 0.717) is 11.4 Å². The van der Waals surface area contributed by atoms with E-state index in [2.05, 4.69) is 20.9 Å². The Morgan fingerprint density at radius 3 is 2.74 bits per heavy atom. The molecule has 0 aliphatic carbocycles. The molecule has 1 aromatic carbocycles. The second-order valence-corrected chi connectivity index (χ2v) is 4.85. The van der Waals surface area contributed by atoms with Crippen LogP contribution in [0.3, 0.4) is 0 Å². The number of nitrogens with zero attached hydrogens (tertiary/aromatic N) is 2. The van der Waals surface area contributed by atoms with E-state index in [1.54, 1.807) is 30.5 Å². The fourth-order valence-electron chi connectivity index (χ4n) is 2.06. The van der Waals surface area contributed by atoms with Crippen LogP contribution in [0.4, 0.5) is 0 Å². The Labute approximate surface area is 117 Å². The van der Waals surface area contributed by atoms with Gasteiger partial charge in [0.2, 0.25) is 0 Å². The summed E-state index contributed by atoms with van der Waals surface area (Å²) in [6.07, 6.45) is 1.72. The van der Waals surface area contributed by atoms with Crippen molar-refractivity contribution in [1.82, 2.24) is 9.38 Å². The molecule has 4 nitrogen and oxygen atoms in total. The fourth-order valence-corrected chi connectivity index (χ4v) is 2.59. The van der Waals surface area contributed by atoms with Crippen molar-refractivity contribution in [3.8, 4) is 11.4 Å². The fraction of sp³-hybridized carbons (Fsp3) is 0. The van der Waals surface area contributed by atoms with Gasteiger partial charge in [-0.3, -0.25) is 4.40 Å². The maximum absolute atomic E-state index is 11.3. The second kappa shape index (κ2) is 4.51. The molecule has 0 bridgehead atoms. The van der Waals surface area contributed by atoms with Gasteiger partial charge in [0, 0.05) is 5.56 Å². The number of imidazole rings is 1. The number of aromatic carboxylic acids is 1. The van der Waals surface area contributed by atoms with Gasteiger partial charge >= 0.3 is 5.97 Å². The summed E-state index contributed by atoms with van der Waals surface area (Å²) >= 11 is 3.46. The molecule has 0 radical (unpaired) electrons. The second-order valence-electron chi connectivity index (χ2n) is 4.04. The summed E-state index contributed by atoms with van der Waals surface area (Å²) in [7, 11) is 0. The molecule has 94 valence electrons. The van der Waals surface area contributed by atoms with Crippen molar-refractivity contribution < 1.29 is 9.90 Å². The minimum atomic E-state index is -0.959. The predicted octanol–water partition coefficient (Wildman–Crippen LogP) is 3.46. The number of hydrogen-bond acceptors (Lipinski definition) is 2. The van der Waals surface area contributed by atoms with Gasteiger partial charge in [-0.25, -0.2) is 9.78 Å². The lowest BCUT2D eigenvalue weighted by atomic mass is 10.1. The van der Waals surface area contributed by atoms with Gasteiger partial charge in [0.05, 0.1) is 21.9 Å². The first-order valence-corrected chi connectivity index (χ1v) is 6.42. The highest BCUT2D eigenvalue weighted by Gasteiger charge is 2.15. The van der Waals surface area contributed by atoms with Crippen molar-refractivity contribution in [3.05, 3.63) is 58.8 Å².